The maximum Gasteiger partial charge on any atom is 0.0640 e. The Morgan fingerprint density at radius 2 is 1.84 bits per heavy atom. The number of nitrogens with zero attached hydrogens (tertiary/aromatic N) is 2. The Morgan fingerprint density at radius 3 is 2.53 bits per heavy atom. The third-order valence-corrected chi connectivity index (χ3v) is 3.37. The molecule has 0 saturated heterocycles. The molecule has 96 valence electrons. The first-order valence-corrected chi connectivity index (χ1v) is 7.00. The van der Waals surface area contributed by atoms with E-state index in [1.807, 2.05) is 30.3 Å². The minimum Gasteiger partial charge on any atom is -0.366 e. The van der Waals surface area contributed by atoms with Crippen LogP contribution in [-0.4, -0.2) is 6.54 Å². The third-order valence-electron chi connectivity index (χ3n) is 2.88. The van der Waals surface area contributed by atoms with Crippen molar-refractivity contribution < 1.29 is 0 Å². The summed E-state index contributed by atoms with van der Waals surface area (Å²) in [5.41, 5.74) is 2.38. The van der Waals surface area contributed by atoms with Crippen LogP contribution in [0.2, 0.25) is 0 Å². The zero-order valence-electron chi connectivity index (χ0n) is 10.6. The van der Waals surface area contributed by atoms with Gasteiger partial charge < -0.3 is 4.90 Å². The molecule has 0 fully saturated rings. The molecule has 0 aliphatic heterocycles. The fourth-order valence-corrected chi connectivity index (χ4v) is 2.43. The lowest BCUT2D eigenvalue weighted by Gasteiger charge is -2.24. The van der Waals surface area contributed by atoms with Crippen LogP contribution in [0.3, 0.4) is 0 Å². The van der Waals surface area contributed by atoms with E-state index in [0.29, 0.717) is 6.42 Å². The summed E-state index contributed by atoms with van der Waals surface area (Å²) in [4.78, 5) is 2.23. The minimum absolute atomic E-state index is 0.531. The van der Waals surface area contributed by atoms with E-state index in [2.05, 4.69) is 51.2 Å². The summed E-state index contributed by atoms with van der Waals surface area (Å²) in [6.45, 7) is 1.55. The van der Waals surface area contributed by atoms with Crippen molar-refractivity contribution in [3.8, 4) is 6.07 Å². The molecule has 0 N–H and O–H groups in total. The molecule has 0 heterocycles. The van der Waals surface area contributed by atoms with E-state index in [4.69, 9.17) is 5.26 Å². The predicted octanol–water partition coefficient (Wildman–Crippen LogP) is 4.37. The lowest BCUT2D eigenvalue weighted by molar-refractivity contribution is 0.798. The quantitative estimate of drug-likeness (QED) is 0.819. The Kier molecular flexibility index (Phi) is 5.00. The number of anilines is 1. The second-order valence-corrected chi connectivity index (χ2v) is 5.21. The van der Waals surface area contributed by atoms with Gasteiger partial charge in [-0.1, -0.05) is 46.3 Å². The average molecular weight is 315 g/mol. The van der Waals surface area contributed by atoms with Gasteiger partial charge in [0.1, 0.15) is 0 Å². The van der Waals surface area contributed by atoms with Gasteiger partial charge in [-0.15, -0.1) is 0 Å². The maximum atomic E-state index is 8.79. The summed E-state index contributed by atoms with van der Waals surface area (Å²) < 4.78 is 1.08. The first kappa shape index (κ1) is 13.6. The third kappa shape index (κ3) is 4.11. The van der Waals surface area contributed by atoms with Crippen LogP contribution in [0.1, 0.15) is 12.0 Å². The summed E-state index contributed by atoms with van der Waals surface area (Å²) in [5.74, 6) is 0. The fraction of sp³-hybridized carbons (Fsp3) is 0.188. The Hall–Kier alpha value is -1.79. The molecule has 0 amide bonds. The van der Waals surface area contributed by atoms with Gasteiger partial charge in [0, 0.05) is 23.2 Å². The van der Waals surface area contributed by atoms with E-state index in [-0.39, 0.29) is 0 Å². The summed E-state index contributed by atoms with van der Waals surface area (Å²) in [6.07, 6.45) is 0.531. The Labute approximate surface area is 122 Å². The number of benzene rings is 2. The Bertz CT molecular complexity index is 560. The number of para-hydroxylation sites is 1. The van der Waals surface area contributed by atoms with Crippen LogP contribution in [0.5, 0.6) is 0 Å². The second kappa shape index (κ2) is 6.96. The van der Waals surface area contributed by atoms with Crippen LogP contribution in [0.4, 0.5) is 5.69 Å². The van der Waals surface area contributed by atoms with Crippen molar-refractivity contribution in [3.63, 3.8) is 0 Å². The summed E-state index contributed by atoms with van der Waals surface area (Å²) in [6, 6.07) is 20.7. The molecule has 0 radical (unpaired) electrons. The molecule has 2 rings (SSSR count). The molecular formula is C16H15BrN2. The molecule has 0 atom stereocenters. The van der Waals surface area contributed by atoms with Crippen molar-refractivity contribution >= 4 is 21.6 Å². The van der Waals surface area contributed by atoms with Crippen molar-refractivity contribution in [1.82, 2.24) is 0 Å². The van der Waals surface area contributed by atoms with Gasteiger partial charge in [-0.05, 0) is 29.8 Å². The lowest BCUT2D eigenvalue weighted by Crippen LogP contribution is -2.23. The number of halogens is 1. The van der Waals surface area contributed by atoms with Crippen molar-refractivity contribution in [2.24, 2.45) is 0 Å². The maximum absolute atomic E-state index is 8.79. The van der Waals surface area contributed by atoms with Gasteiger partial charge in [0.2, 0.25) is 0 Å². The Balaban J connectivity index is 2.17. The average Bonchev–Trinajstić information content (AvgIpc) is 2.44. The molecular weight excluding hydrogens is 300 g/mol. The lowest BCUT2D eigenvalue weighted by atomic mass is 10.2. The molecule has 0 aliphatic rings. The number of hydrogen-bond acceptors (Lipinski definition) is 2. The molecule has 2 aromatic carbocycles. The summed E-state index contributed by atoms with van der Waals surface area (Å²) in [5, 5.41) is 8.79. The highest BCUT2D eigenvalue weighted by Gasteiger charge is 2.07. The second-order valence-electron chi connectivity index (χ2n) is 4.30. The van der Waals surface area contributed by atoms with Gasteiger partial charge in [0.25, 0.3) is 0 Å². The smallest absolute Gasteiger partial charge is 0.0640 e. The molecule has 0 unspecified atom stereocenters. The van der Waals surface area contributed by atoms with Crippen LogP contribution in [-0.2, 0) is 6.54 Å². The molecule has 0 saturated carbocycles. The van der Waals surface area contributed by atoms with Gasteiger partial charge in [0.15, 0.2) is 0 Å². The predicted molar refractivity (Wildman–Crippen MR) is 81.9 cm³/mol. The summed E-state index contributed by atoms with van der Waals surface area (Å²) >= 11 is 3.49. The molecule has 19 heavy (non-hydrogen) atoms. The SMILES string of the molecule is N#CCCN(Cc1cccc(Br)c1)c1ccccc1. The Morgan fingerprint density at radius 1 is 1.05 bits per heavy atom. The van der Waals surface area contributed by atoms with Gasteiger partial charge in [-0.3, -0.25) is 0 Å². The summed E-state index contributed by atoms with van der Waals surface area (Å²) in [7, 11) is 0. The highest BCUT2D eigenvalue weighted by atomic mass is 79.9. The van der Waals surface area contributed by atoms with Crippen LogP contribution in [0.25, 0.3) is 0 Å². The molecule has 2 aromatic rings. The van der Waals surface area contributed by atoms with E-state index in [1.165, 1.54) is 5.56 Å². The van der Waals surface area contributed by atoms with Gasteiger partial charge in [0.05, 0.1) is 12.5 Å². The van der Waals surface area contributed by atoms with E-state index < -0.39 is 0 Å². The van der Waals surface area contributed by atoms with Crippen molar-refractivity contribution in [1.29, 1.82) is 5.26 Å². The van der Waals surface area contributed by atoms with Crippen LogP contribution in [0.15, 0.2) is 59.1 Å². The fourth-order valence-electron chi connectivity index (χ4n) is 1.98. The molecule has 3 heteroatoms. The normalized spacial score (nSPS) is 9.89. The number of rotatable bonds is 5. The van der Waals surface area contributed by atoms with Crippen LogP contribution < -0.4 is 4.90 Å². The first-order valence-electron chi connectivity index (χ1n) is 6.21. The van der Waals surface area contributed by atoms with E-state index in [1.54, 1.807) is 0 Å². The first-order chi connectivity index (χ1) is 9.29. The zero-order valence-corrected chi connectivity index (χ0v) is 12.2. The van der Waals surface area contributed by atoms with Gasteiger partial charge >= 0.3 is 0 Å². The molecule has 0 spiro atoms. The minimum atomic E-state index is 0.531. The standard InChI is InChI=1S/C16H15BrN2/c17-15-7-4-6-14(12-15)13-19(11-5-10-18)16-8-2-1-3-9-16/h1-4,6-9,12H,5,11,13H2. The van der Waals surface area contributed by atoms with Crippen molar-refractivity contribution in [2.75, 3.05) is 11.4 Å². The van der Waals surface area contributed by atoms with Crippen molar-refractivity contribution in [3.05, 3.63) is 64.6 Å². The molecule has 0 aliphatic carbocycles. The highest BCUT2D eigenvalue weighted by molar-refractivity contribution is 9.10. The topological polar surface area (TPSA) is 27.0 Å². The van der Waals surface area contributed by atoms with Crippen molar-refractivity contribution in [2.45, 2.75) is 13.0 Å². The number of nitriles is 1. The monoisotopic (exact) mass is 314 g/mol. The van der Waals surface area contributed by atoms with Gasteiger partial charge in [-0.25, -0.2) is 0 Å². The molecule has 0 aromatic heterocycles. The molecule has 0 bridgehead atoms. The zero-order chi connectivity index (χ0) is 13.5. The number of hydrogen-bond donors (Lipinski definition) is 0. The molecule has 2 nitrogen and oxygen atoms in total. The van der Waals surface area contributed by atoms with Crippen LogP contribution in [0, 0.1) is 11.3 Å². The van der Waals surface area contributed by atoms with E-state index >= 15 is 0 Å². The van der Waals surface area contributed by atoms with Gasteiger partial charge in [-0.2, -0.15) is 5.26 Å². The van der Waals surface area contributed by atoms with E-state index in [9.17, 15) is 0 Å². The van der Waals surface area contributed by atoms with Crippen LogP contribution >= 0.6 is 15.9 Å². The highest BCUT2D eigenvalue weighted by Crippen LogP contribution is 2.19. The van der Waals surface area contributed by atoms with E-state index in [0.717, 1.165) is 23.2 Å². The largest absolute Gasteiger partial charge is 0.366 e.